The zero-order valence-corrected chi connectivity index (χ0v) is 13.2. The van der Waals surface area contributed by atoms with Crippen LogP contribution >= 0.6 is 0 Å². The van der Waals surface area contributed by atoms with Crippen LogP contribution in [-0.4, -0.2) is 17.2 Å². The summed E-state index contributed by atoms with van der Waals surface area (Å²) in [6, 6.07) is 4.39. The summed E-state index contributed by atoms with van der Waals surface area (Å²) in [5.74, 6) is -0.109. The van der Waals surface area contributed by atoms with Crippen molar-refractivity contribution < 1.29 is 9.59 Å². The molecule has 0 radical (unpaired) electrons. The van der Waals surface area contributed by atoms with Gasteiger partial charge in [-0.05, 0) is 68.2 Å². The van der Waals surface area contributed by atoms with E-state index in [0.29, 0.717) is 5.92 Å². The summed E-state index contributed by atoms with van der Waals surface area (Å²) in [6.45, 7) is 7.70. The topological polar surface area (TPSA) is 46.2 Å². The van der Waals surface area contributed by atoms with Crippen molar-refractivity contribution in [3.05, 3.63) is 34.4 Å². The minimum Gasteiger partial charge on any atom is -0.343 e. The van der Waals surface area contributed by atoms with Crippen LogP contribution in [0.5, 0.6) is 0 Å². The first-order valence-corrected chi connectivity index (χ1v) is 7.84. The molecule has 21 heavy (non-hydrogen) atoms. The first kappa shape index (κ1) is 14.3. The largest absolute Gasteiger partial charge is 0.343 e. The highest BCUT2D eigenvalue weighted by Crippen LogP contribution is 2.43. The van der Waals surface area contributed by atoms with Gasteiger partial charge in [0.15, 0.2) is 5.78 Å². The Morgan fingerprint density at radius 1 is 1.24 bits per heavy atom. The van der Waals surface area contributed by atoms with E-state index in [1.54, 1.807) is 13.8 Å². The van der Waals surface area contributed by atoms with Crippen LogP contribution in [0.15, 0.2) is 12.1 Å². The SMILES string of the molecule is CCc1cc(C2CC2)cc(C)c1C1C(=O)NC(C)(C)C1=O. The average Bonchev–Trinajstić information content (AvgIpc) is 3.20. The summed E-state index contributed by atoms with van der Waals surface area (Å²) in [4.78, 5) is 24.9. The Morgan fingerprint density at radius 2 is 1.90 bits per heavy atom. The number of benzene rings is 1. The highest BCUT2D eigenvalue weighted by molar-refractivity contribution is 6.17. The van der Waals surface area contributed by atoms with Gasteiger partial charge in [-0.1, -0.05) is 19.1 Å². The van der Waals surface area contributed by atoms with Crippen LogP contribution in [-0.2, 0) is 16.0 Å². The van der Waals surface area contributed by atoms with Crippen molar-refractivity contribution in [1.29, 1.82) is 0 Å². The van der Waals surface area contributed by atoms with Crippen molar-refractivity contribution in [2.24, 2.45) is 0 Å². The molecule has 1 amide bonds. The molecule has 0 spiro atoms. The Labute approximate surface area is 126 Å². The third-order valence-electron chi connectivity index (χ3n) is 4.79. The Kier molecular flexibility index (Phi) is 3.19. The molecule has 3 rings (SSSR count). The average molecular weight is 285 g/mol. The molecule has 3 heteroatoms. The fourth-order valence-corrected chi connectivity index (χ4v) is 3.44. The van der Waals surface area contributed by atoms with Crippen molar-refractivity contribution in [3.8, 4) is 0 Å². The molecule has 1 N–H and O–H groups in total. The van der Waals surface area contributed by atoms with Crippen LogP contribution in [0.25, 0.3) is 0 Å². The maximum atomic E-state index is 12.6. The quantitative estimate of drug-likeness (QED) is 0.868. The van der Waals surface area contributed by atoms with Crippen LogP contribution in [0.3, 0.4) is 0 Å². The normalized spacial score (nSPS) is 24.3. The van der Waals surface area contributed by atoms with Gasteiger partial charge in [-0.2, -0.15) is 0 Å². The third kappa shape index (κ3) is 2.29. The molecule has 1 aliphatic heterocycles. The molecule has 1 aliphatic carbocycles. The minimum atomic E-state index is -0.756. The van der Waals surface area contributed by atoms with Crippen molar-refractivity contribution in [2.45, 2.75) is 64.3 Å². The van der Waals surface area contributed by atoms with Crippen molar-refractivity contribution in [1.82, 2.24) is 5.32 Å². The van der Waals surface area contributed by atoms with Crippen LogP contribution in [0, 0.1) is 6.92 Å². The predicted molar refractivity (Wildman–Crippen MR) is 82.5 cm³/mol. The molecule has 1 aromatic rings. The smallest absolute Gasteiger partial charge is 0.235 e. The molecule has 1 unspecified atom stereocenters. The summed E-state index contributed by atoms with van der Waals surface area (Å²) in [6.07, 6.45) is 3.38. The van der Waals surface area contributed by atoms with E-state index < -0.39 is 11.5 Å². The van der Waals surface area contributed by atoms with E-state index in [1.807, 2.05) is 6.92 Å². The molecule has 1 aromatic carbocycles. The van der Waals surface area contributed by atoms with E-state index >= 15 is 0 Å². The molecule has 1 atom stereocenters. The number of rotatable bonds is 3. The maximum absolute atomic E-state index is 12.6. The monoisotopic (exact) mass is 285 g/mol. The number of hydrogen-bond donors (Lipinski definition) is 1. The van der Waals surface area contributed by atoms with Gasteiger partial charge in [-0.15, -0.1) is 0 Å². The van der Waals surface area contributed by atoms with Gasteiger partial charge < -0.3 is 5.32 Å². The lowest BCUT2D eigenvalue weighted by molar-refractivity contribution is -0.125. The van der Waals surface area contributed by atoms with E-state index in [2.05, 4.69) is 24.4 Å². The maximum Gasteiger partial charge on any atom is 0.235 e. The van der Waals surface area contributed by atoms with E-state index in [4.69, 9.17) is 0 Å². The van der Waals surface area contributed by atoms with E-state index in [-0.39, 0.29) is 11.7 Å². The first-order chi connectivity index (χ1) is 9.85. The molecule has 3 nitrogen and oxygen atoms in total. The van der Waals surface area contributed by atoms with Gasteiger partial charge in [0.25, 0.3) is 0 Å². The summed E-state index contributed by atoms with van der Waals surface area (Å²) < 4.78 is 0. The van der Waals surface area contributed by atoms with Gasteiger partial charge in [0.1, 0.15) is 5.92 Å². The van der Waals surface area contributed by atoms with Gasteiger partial charge in [0, 0.05) is 0 Å². The van der Waals surface area contributed by atoms with E-state index in [0.717, 1.165) is 23.1 Å². The van der Waals surface area contributed by atoms with Crippen LogP contribution in [0.1, 0.15) is 67.7 Å². The Hall–Kier alpha value is -1.64. The number of ketones is 1. The Bertz CT molecular complexity index is 626. The summed E-state index contributed by atoms with van der Waals surface area (Å²) in [5, 5.41) is 2.83. The highest BCUT2D eigenvalue weighted by Gasteiger charge is 2.48. The zero-order valence-electron chi connectivity index (χ0n) is 13.2. The molecule has 0 aromatic heterocycles. The van der Waals surface area contributed by atoms with Gasteiger partial charge in [-0.3, -0.25) is 9.59 Å². The Balaban J connectivity index is 2.09. The molecular formula is C18H23NO2. The van der Waals surface area contributed by atoms with Gasteiger partial charge in [0.2, 0.25) is 5.91 Å². The number of carbonyl (C=O) groups is 2. The number of aryl methyl sites for hydroxylation is 2. The summed E-state index contributed by atoms with van der Waals surface area (Å²) in [7, 11) is 0. The molecule has 1 saturated heterocycles. The summed E-state index contributed by atoms with van der Waals surface area (Å²) >= 11 is 0. The van der Waals surface area contributed by atoms with Crippen LogP contribution in [0.2, 0.25) is 0 Å². The molecular weight excluding hydrogens is 262 g/mol. The second kappa shape index (κ2) is 4.69. The second-order valence-electron chi connectivity index (χ2n) is 6.95. The van der Waals surface area contributed by atoms with Crippen LogP contribution in [0.4, 0.5) is 0 Å². The predicted octanol–water partition coefficient (Wildman–Crippen LogP) is 3.00. The number of hydrogen-bond acceptors (Lipinski definition) is 2. The lowest BCUT2D eigenvalue weighted by Crippen LogP contribution is -2.39. The fourth-order valence-electron chi connectivity index (χ4n) is 3.44. The van der Waals surface area contributed by atoms with E-state index in [9.17, 15) is 9.59 Å². The second-order valence-corrected chi connectivity index (χ2v) is 6.95. The van der Waals surface area contributed by atoms with Crippen LogP contribution < -0.4 is 5.32 Å². The third-order valence-corrected chi connectivity index (χ3v) is 4.79. The molecule has 1 saturated carbocycles. The first-order valence-electron chi connectivity index (χ1n) is 7.84. The minimum absolute atomic E-state index is 0.00975. The van der Waals surface area contributed by atoms with Gasteiger partial charge >= 0.3 is 0 Å². The Morgan fingerprint density at radius 3 is 2.38 bits per heavy atom. The molecule has 2 aliphatic rings. The number of Topliss-reactive ketones (excluding diaryl/α,β-unsaturated/α-hetero) is 1. The fraction of sp³-hybridized carbons (Fsp3) is 0.556. The number of nitrogens with one attached hydrogen (secondary N) is 1. The molecule has 2 fully saturated rings. The van der Waals surface area contributed by atoms with Gasteiger partial charge in [-0.25, -0.2) is 0 Å². The van der Waals surface area contributed by atoms with Crippen molar-refractivity contribution in [2.75, 3.05) is 0 Å². The summed E-state index contributed by atoms with van der Waals surface area (Å²) in [5.41, 5.74) is 3.80. The van der Waals surface area contributed by atoms with Crippen molar-refractivity contribution >= 4 is 11.7 Å². The standard InChI is InChI=1S/C18H23NO2/c1-5-11-9-13(12-6-7-12)8-10(2)14(11)15-16(20)18(3,4)19-17(15)21/h8-9,12,15H,5-7H2,1-4H3,(H,19,21). The molecule has 0 bridgehead atoms. The number of carbonyl (C=O) groups excluding carboxylic acids is 2. The number of amides is 1. The van der Waals surface area contributed by atoms with Gasteiger partial charge in [0.05, 0.1) is 5.54 Å². The van der Waals surface area contributed by atoms with Crippen molar-refractivity contribution in [3.63, 3.8) is 0 Å². The molecule has 112 valence electrons. The highest BCUT2D eigenvalue weighted by atomic mass is 16.2. The lowest BCUT2D eigenvalue weighted by atomic mass is 9.82. The van der Waals surface area contributed by atoms with E-state index in [1.165, 1.54) is 18.4 Å². The zero-order chi connectivity index (χ0) is 15.4. The lowest BCUT2D eigenvalue weighted by Gasteiger charge is -2.19. The molecule has 1 heterocycles.